The molecule has 5 N–H and O–H groups in total. The van der Waals surface area contributed by atoms with Crippen LogP contribution in [0.3, 0.4) is 0 Å². The summed E-state index contributed by atoms with van der Waals surface area (Å²) in [5.41, 5.74) is 5.45. The molecule has 1 unspecified atom stereocenters. The predicted octanol–water partition coefficient (Wildman–Crippen LogP) is 3.98. The molecule has 1 heterocycles. The fourth-order valence-electron chi connectivity index (χ4n) is 7.71. The highest BCUT2D eigenvalue weighted by Crippen LogP contribution is 2.41. The number of nitrogens with two attached hydrogens (primary N) is 1. The van der Waals surface area contributed by atoms with E-state index in [1.165, 1.54) is 4.90 Å². The number of allylic oxidation sites excluding steroid dienone is 1. The number of hydrogen-bond acceptors (Lipinski definition) is 7. The summed E-state index contributed by atoms with van der Waals surface area (Å²) >= 11 is 0. The topological polar surface area (TPSA) is 177 Å². The largest absolute Gasteiger partial charge is 0.458 e. The van der Waals surface area contributed by atoms with E-state index < -0.39 is 76.1 Å². The Morgan fingerprint density at radius 2 is 1.52 bits per heavy atom. The molecule has 2 aliphatic carbocycles. The number of esters is 1. The third-order valence-corrected chi connectivity index (χ3v) is 11.0. The maximum atomic E-state index is 14.9. The number of primary amides is 1. The van der Waals surface area contributed by atoms with Crippen molar-refractivity contribution in [3.8, 4) is 0 Å². The van der Waals surface area contributed by atoms with Crippen molar-refractivity contribution in [3.63, 3.8) is 0 Å². The van der Waals surface area contributed by atoms with Gasteiger partial charge in [-0.05, 0) is 86.2 Å². The third kappa shape index (κ3) is 9.60. The van der Waals surface area contributed by atoms with Gasteiger partial charge in [0.2, 0.25) is 17.6 Å². The quantitative estimate of drug-likeness (QED) is 0.135. The lowest BCUT2D eigenvalue weighted by molar-refractivity contribution is -0.160. The van der Waals surface area contributed by atoms with Gasteiger partial charge in [0.05, 0.1) is 6.04 Å². The van der Waals surface area contributed by atoms with Crippen molar-refractivity contribution in [2.24, 2.45) is 34.3 Å². The molecule has 0 radical (unpaired) electrons. The maximum Gasteiger partial charge on any atom is 0.329 e. The van der Waals surface area contributed by atoms with E-state index in [0.717, 1.165) is 30.4 Å². The Hall–Kier alpha value is -4.22. The lowest BCUT2D eigenvalue weighted by Crippen LogP contribution is -2.62. The Labute approximate surface area is 308 Å². The molecule has 4 rings (SSSR count). The van der Waals surface area contributed by atoms with Gasteiger partial charge in [-0.15, -0.1) is 6.58 Å². The Balaban J connectivity index is 1.67. The number of benzene rings is 1. The molecule has 1 saturated heterocycles. The highest BCUT2D eigenvalue weighted by atomic mass is 16.6. The third-order valence-electron chi connectivity index (χ3n) is 11.0. The number of hydrogen-bond donors (Lipinski definition) is 4. The predicted molar refractivity (Wildman–Crippen MR) is 198 cm³/mol. The Kier molecular flexibility index (Phi) is 12.3. The van der Waals surface area contributed by atoms with Crippen molar-refractivity contribution in [1.29, 1.82) is 0 Å². The van der Waals surface area contributed by atoms with Crippen LogP contribution in [0.4, 0.5) is 4.79 Å². The van der Waals surface area contributed by atoms with Crippen LogP contribution >= 0.6 is 0 Å². The molecule has 1 aromatic rings. The zero-order valence-electron chi connectivity index (χ0n) is 32.2. The number of ether oxygens (including phenoxy) is 1. The van der Waals surface area contributed by atoms with Crippen LogP contribution in [0.2, 0.25) is 0 Å². The summed E-state index contributed by atoms with van der Waals surface area (Å²) < 4.78 is 5.63. The van der Waals surface area contributed by atoms with Gasteiger partial charge in [-0.2, -0.15) is 0 Å². The molecule has 3 aliphatic rings. The number of rotatable bonds is 13. The van der Waals surface area contributed by atoms with Crippen LogP contribution in [0.1, 0.15) is 98.6 Å². The van der Waals surface area contributed by atoms with Gasteiger partial charge in [-0.1, -0.05) is 84.2 Å². The van der Waals surface area contributed by atoms with Crippen molar-refractivity contribution < 1.29 is 33.5 Å². The molecule has 0 bridgehead atoms. The average molecular weight is 722 g/mol. The van der Waals surface area contributed by atoms with Gasteiger partial charge < -0.3 is 31.3 Å². The van der Waals surface area contributed by atoms with Gasteiger partial charge in [0.15, 0.2) is 0 Å². The summed E-state index contributed by atoms with van der Waals surface area (Å²) in [7, 11) is 0. The fraction of sp³-hybridized carbons (Fsp3) is 0.650. The van der Waals surface area contributed by atoms with E-state index in [1.54, 1.807) is 26.8 Å². The van der Waals surface area contributed by atoms with Crippen molar-refractivity contribution >= 4 is 35.5 Å². The van der Waals surface area contributed by atoms with E-state index in [1.807, 2.05) is 58.9 Å². The van der Waals surface area contributed by atoms with Gasteiger partial charge in [-0.25, -0.2) is 9.59 Å². The van der Waals surface area contributed by atoms with Gasteiger partial charge in [0.25, 0.3) is 5.91 Å². The molecule has 0 spiro atoms. The van der Waals surface area contributed by atoms with Crippen LogP contribution < -0.4 is 21.7 Å². The minimum Gasteiger partial charge on any atom is -0.458 e. The van der Waals surface area contributed by atoms with Crippen LogP contribution in [-0.4, -0.2) is 76.7 Å². The summed E-state index contributed by atoms with van der Waals surface area (Å²) in [6.07, 6.45) is 6.35. The zero-order valence-corrected chi connectivity index (χ0v) is 32.2. The first kappa shape index (κ1) is 40.5. The molecule has 12 nitrogen and oxygen atoms in total. The SMILES string of the molecule is C=CC(C)(C)[C@H]1CCN(C(=O)[C@@H](NC(=O)N[C@H](C(=O)OC(C)(C)C)C(C)(C)C)C2Cc3ccccc3C2)[C@@H]1C(=O)NC(CC1CCC1)C(=O)C(N)=O. The van der Waals surface area contributed by atoms with Gasteiger partial charge in [0, 0.05) is 6.54 Å². The molecule has 0 aromatic heterocycles. The van der Waals surface area contributed by atoms with Crippen LogP contribution in [0.5, 0.6) is 0 Å². The lowest BCUT2D eigenvalue weighted by Gasteiger charge is -2.38. The van der Waals surface area contributed by atoms with E-state index >= 15 is 0 Å². The normalized spacial score (nSPS) is 21.2. The number of nitrogens with zero attached hydrogens (tertiary/aromatic N) is 1. The molecular weight excluding hydrogens is 662 g/mol. The number of fused-ring (bicyclic) bond motifs is 1. The van der Waals surface area contributed by atoms with E-state index in [9.17, 15) is 28.8 Å². The summed E-state index contributed by atoms with van der Waals surface area (Å²) in [6, 6.07) is 2.94. The van der Waals surface area contributed by atoms with Crippen LogP contribution in [0.15, 0.2) is 36.9 Å². The highest BCUT2D eigenvalue weighted by Gasteiger charge is 2.51. The monoisotopic (exact) mass is 721 g/mol. The number of Topliss-reactive ketones (excluding diaryl/α,β-unsaturated/α-hetero) is 1. The van der Waals surface area contributed by atoms with E-state index in [4.69, 9.17) is 10.5 Å². The van der Waals surface area contributed by atoms with E-state index in [0.29, 0.717) is 25.7 Å². The molecule has 5 amide bonds. The molecular formula is C40H59N5O7. The number of amides is 5. The Morgan fingerprint density at radius 3 is 2.00 bits per heavy atom. The molecule has 2 fully saturated rings. The summed E-state index contributed by atoms with van der Waals surface area (Å²) in [5, 5.41) is 8.52. The van der Waals surface area contributed by atoms with Gasteiger partial charge in [0.1, 0.15) is 23.7 Å². The Morgan fingerprint density at radius 1 is 0.923 bits per heavy atom. The average Bonchev–Trinajstić information content (AvgIpc) is 3.67. The number of urea groups is 1. The minimum atomic E-state index is -1.12. The number of nitrogens with one attached hydrogen (secondary N) is 3. The zero-order chi connectivity index (χ0) is 38.8. The van der Waals surface area contributed by atoms with Crippen molar-refractivity contribution in [2.75, 3.05) is 6.54 Å². The maximum absolute atomic E-state index is 14.9. The van der Waals surface area contributed by atoms with Crippen LogP contribution in [0, 0.1) is 28.6 Å². The standard InChI is InChI=1S/C40H59N5O7/c1-10-40(8,9)27-18-19-45(30(27)34(48)42-28(31(46)33(41)47)20-23-14-13-15-23)35(49)29(26-21-24-16-11-12-17-25(24)22-26)43-37(51)44-32(38(2,3)4)36(50)52-39(5,6)7/h10-12,16-17,23,26-30,32H,1,13-15,18-22H2,2-9H3,(H2,41,47)(H,42,48)(H2,43,44,51)/t27-,28?,29-,30-,32+/m0/s1. The van der Waals surface area contributed by atoms with Crippen molar-refractivity contribution in [2.45, 2.75) is 130 Å². The second-order valence-corrected chi connectivity index (χ2v) is 17.6. The van der Waals surface area contributed by atoms with Crippen molar-refractivity contribution in [3.05, 3.63) is 48.0 Å². The molecule has 1 aliphatic heterocycles. The Bertz CT molecular complexity index is 1530. The number of carbonyl (C=O) groups excluding carboxylic acids is 6. The second kappa shape index (κ2) is 15.8. The number of ketones is 1. The first-order valence-electron chi connectivity index (χ1n) is 18.6. The second-order valence-electron chi connectivity index (χ2n) is 17.6. The van der Waals surface area contributed by atoms with Gasteiger partial charge >= 0.3 is 12.0 Å². The molecule has 286 valence electrons. The molecule has 5 atom stereocenters. The van der Waals surface area contributed by atoms with E-state index in [2.05, 4.69) is 22.5 Å². The van der Waals surface area contributed by atoms with E-state index in [-0.39, 0.29) is 24.3 Å². The lowest BCUT2D eigenvalue weighted by atomic mass is 9.74. The first-order valence-corrected chi connectivity index (χ1v) is 18.6. The minimum absolute atomic E-state index is 0.184. The van der Waals surface area contributed by atoms with Gasteiger partial charge in [-0.3, -0.25) is 19.2 Å². The molecule has 1 aromatic carbocycles. The molecule has 1 saturated carbocycles. The number of likely N-dealkylation sites (tertiary alicyclic amines) is 1. The first-order chi connectivity index (χ1) is 24.1. The fourth-order valence-corrected chi connectivity index (χ4v) is 7.71. The number of carbonyl (C=O) groups is 6. The summed E-state index contributed by atoms with van der Waals surface area (Å²) in [5.74, 6) is -4.13. The molecule has 52 heavy (non-hydrogen) atoms. The summed E-state index contributed by atoms with van der Waals surface area (Å²) in [4.78, 5) is 82.9. The van der Waals surface area contributed by atoms with Crippen molar-refractivity contribution in [1.82, 2.24) is 20.9 Å². The highest BCUT2D eigenvalue weighted by molar-refractivity contribution is 6.37. The summed E-state index contributed by atoms with van der Waals surface area (Å²) in [6.45, 7) is 18.8. The van der Waals surface area contributed by atoms with Crippen LogP contribution in [-0.2, 0) is 41.6 Å². The smallest absolute Gasteiger partial charge is 0.329 e. The molecule has 12 heteroatoms. The van der Waals surface area contributed by atoms with Crippen LogP contribution in [0.25, 0.3) is 0 Å².